The molecule has 0 saturated heterocycles. The highest BCUT2D eigenvalue weighted by molar-refractivity contribution is 14.1. The zero-order chi connectivity index (χ0) is 10.9. The van der Waals surface area contributed by atoms with Crippen LogP contribution in [0.5, 0.6) is 0 Å². The summed E-state index contributed by atoms with van der Waals surface area (Å²) in [5.74, 6) is 0. The van der Waals surface area contributed by atoms with Crippen molar-refractivity contribution in [3.05, 3.63) is 25.5 Å². The molecule has 0 N–H and O–H groups in total. The van der Waals surface area contributed by atoms with Crippen LogP contribution in [-0.4, -0.2) is 10.2 Å². The van der Waals surface area contributed by atoms with Gasteiger partial charge in [0.05, 0.1) is 5.56 Å². The van der Waals surface area contributed by atoms with E-state index in [2.05, 4.69) is 20.9 Å². The Labute approximate surface area is 105 Å². The van der Waals surface area contributed by atoms with Crippen molar-refractivity contribution in [3.63, 3.8) is 0 Å². The zero-order valence-electron chi connectivity index (χ0n) is 6.40. The summed E-state index contributed by atoms with van der Waals surface area (Å²) >= 11 is 9.73. The minimum Gasteiger partial charge on any atom is -0.274 e. The summed E-state index contributed by atoms with van der Waals surface area (Å²) in [4.78, 5) is 14.3. The monoisotopic (exact) mass is 395 g/mol. The van der Waals surface area contributed by atoms with Gasteiger partial charge in [0.2, 0.25) is 0 Å². The highest BCUT2D eigenvalue weighted by atomic mass is 127. The lowest BCUT2D eigenvalue weighted by atomic mass is 10.2. The summed E-state index contributed by atoms with van der Waals surface area (Å²) in [6, 6.07) is 1.22. The van der Waals surface area contributed by atoms with E-state index in [0.29, 0.717) is 0 Å². The number of alkyl halides is 2. The van der Waals surface area contributed by atoms with E-state index in [0.717, 1.165) is 0 Å². The summed E-state index contributed by atoms with van der Waals surface area (Å²) in [5, 5.41) is -0.774. The Kier molecular flexibility index (Phi) is 4.20. The second-order valence-electron chi connectivity index (χ2n) is 2.27. The van der Waals surface area contributed by atoms with Crippen LogP contribution in [0.1, 0.15) is 22.5 Å². The Balaban J connectivity index is 3.32. The Bertz CT molecular complexity index is 365. The van der Waals surface area contributed by atoms with Crippen molar-refractivity contribution in [3.8, 4) is 0 Å². The minimum atomic E-state index is -2.64. The summed E-state index contributed by atoms with van der Waals surface area (Å²) in [6.07, 6.45) is -2.64. The molecule has 1 aromatic heterocycles. The van der Waals surface area contributed by atoms with Gasteiger partial charge in [0.1, 0.15) is 10.3 Å². The molecule has 0 fully saturated rings. The predicted octanol–water partition coefficient (Wildman–Crippen LogP) is 3.77. The molecule has 0 aromatic carbocycles. The van der Waals surface area contributed by atoms with E-state index in [1.165, 1.54) is 6.07 Å². The SMILES string of the molecule is O=C(Cl)c1cc(I)c(C(F)F)c(Br)n1. The first-order chi connectivity index (χ1) is 6.43. The van der Waals surface area contributed by atoms with Gasteiger partial charge in [0.15, 0.2) is 0 Å². The van der Waals surface area contributed by atoms with Gasteiger partial charge in [-0.05, 0) is 56.2 Å². The fraction of sp³-hybridized carbons (Fsp3) is 0.143. The first-order valence-corrected chi connectivity index (χ1v) is 5.52. The minimum absolute atomic E-state index is 0.0488. The number of carbonyl (C=O) groups excluding carboxylic acids is 1. The van der Waals surface area contributed by atoms with E-state index in [4.69, 9.17) is 11.6 Å². The molecule has 0 unspecified atom stereocenters. The fourth-order valence-corrected chi connectivity index (χ4v) is 2.62. The average molecular weight is 396 g/mol. The van der Waals surface area contributed by atoms with Gasteiger partial charge in [0, 0.05) is 3.57 Å². The maximum absolute atomic E-state index is 12.4. The fourth-order valence-electron chi connectivity index (χ4n) is 0.790. The van der Waals surface area contributed by atoms with Gasteiger partial charge >= 0.3 is 0 Å². The Morgan fingerprint density at radius 1 is 1.64 bits per heavy atom. The molecule has 0 amide bonds. The van der Waals surface area contributed by atoms with Crippen molar-refractivity contribution in [2.75, 3.05) is 0 Å². The molecule has 0 radical (unpaired) electrons. The van der Waals surface area contributed by atoms with Crippen LogP contribution in [0, 0.1) is 3.57 Å². The molecule has 0 bridgehead atoms. The molecule has 1 rings (SSSR count). The van der Waals surface area contributed by atoms with E-state index in [1.807, 2.05) is 0 Å². The first-order valence-electron chi connectivity index (χ1n) is 3.27. The summed E-state index contributed by atoms with van der Waals surface area (Å²) in [5.41, 5.74) is -0.278. The quantitative estimate of drug-likeness (QED) is 0.433. The largest absolute Gasteiger partial charge is 0.274 e. The molecule has 0 atom stereocenters. The lowest BCUT2D eigenvalue weighted by Crippen LogP contribution is -2.01. The number of carbonyl (C=O) groups is 1. The van der Waals surface area contributed by atoms with Crippen LogP contribution in [-0.2, 0) is 0 Å². The van der Waals surface area contributed by atoms with Gasteiger partial charge < -0.3 is 0 Å². The van der Waals surface area contributed by atoms with Crippen LogP contribution in [0.15, 0.2) is 10.7 Å². The number of nitrogens with zero attached hydrogens (tertiary/aromatic N) is 1. The molecule has 0 aliphatic carbocycles. The van der Waals surface area contributed by atoms with Crippen molar-refractivity contribution < 1.29 is 13.6 Å². The number of pyridine rings is 1. The van der Waals surface area contributed by atoms with Crippen LogP contribution < -0.4 is 0 Å². The van der Waals surface area contributed by atoms with Crippen LogP contribution in [0.4, 0.5) is 8.78 Å². The molecule has 0 saturated carbocycles. The third-order valence-electron chi connectivity index (χ3n) is 1.38. The smallest absolute Gasteiger partial charge is 0.270 e. The molecule has 1 heterocycles. The van der Waals surface area contributed by atoms with Crippen molar-refractivity contribution in [1.29, 1.82) is 0 Å². The van der Waals surface area contributed by atoms with E-state index in [1.54, 1.807) is 22.6 Å². The molecule has 76 valence electrons. The van der Waals surface area contributed by atoms with E-state index in [9.17, 15) is 13.6 Å². The molecule has 2 nitrogen and oxygen atoms in total. The van der Waals surface area contributed by atoms with Gasteiger partial charge in [-0.3, -0.25) is 4.79 Å². The maximum atomic E-state index is 12.4. The number of hydrogen-bond donors (Lipinski definition) is 0. The lowest BCUT2D eigenvalue weighted by molar-refractivity contribution is 0.107. The molecule has 0 aliphatic rings. The van der Waals surface area contributed by atoms with E-state index in [-0.39, 0.29) is 19.4 Å². The Morgan fingerprint density at radius 2 is 2.21 bits per heavy atom. The molecule has 0 aliphatic heterocycles. The van der Waals surface area contributed by atoms with Crippen LogP contribution in [0.2, 0.25) is 0 Å². The van der Waals surface area contributed by atoms with Crippen LogP contribution >= 0.6 is 50.1 Å². The van der Waals surface area contributed by atoms with Crippen LogP contribution in [0.25, 0.3) is 0 Å². The summed E-state index contributed by atoms with van der Waals surface area (Å²) in [6.45, 7) is 0. The van der Waals surface area contributed by atoms with Crippen molar-refractivity contribution >= 4 is 55.4 Å². The highest BCUT2D eigenvalue weighted by Crippen LogP contribution is 2.30. The third-order valence-corrected chi connectivity index (χ3v) is 3.07. The van der Waals surface area contributed by atoms with Gasteiger partial charge in [-0.2, -0.15) is 0 Å². The van der Waals surface area contributed by atoms with Gasteiger partial charge in [-0.25, -0.2) is 13.8 Å². The van der Waals surface area contributed by atoms with E-state index >= 15 is 0 Å². The topological polar surface area (TPSA) is 30.0 Å². The zero-order valence-corrected chi connectivity index (χ0v) is 10.9. The molecular weight excluding hydrogens is 394 g/mol. The summed E-state index contributed by atoms with van der Waals surface area (Å²) in [7, 11) is 0. The Morgan fingerprint density at radius 3 is 2.57 bits per heavy atom. The number of aromatic nitrogens is 1. The number of rotatable bonds is 2. The van der Waals surface area contributed by atoms with Gasteiger partial charge in [0.25, 0.3) is 11.7 Å². The van der Waals surface area contributed by atoms with Crippen molar-refractivity contribution in [2.24, 2.45) is 0 Å². The molecule has 14 heavy (non-hydrogen) atoms. The second kappa shape index (κ2) is 4.80. The molecule has 7 heteroatoms. The summed E-state index contributed by atoms with van der Waals surface area (Å²) < 4.78 is 25.1. The predicted molar refractivity (Wildman–Crippen MR) is 59.8 cm³/mol. The molecular formula is C7H2BrClF2INO. The lowest BCUT2D eigenvalue weighted by Gasteiger charge is -2.06. The third kappa shape index (κ3) is 2.60. The van der Waals surface area contributed by atoms with Crippen molar-refractivity contribution in [2.45, 2.75) is 6.43 Å². The number of halogens is 5. The normalized spacial score (nSPS) is 10.7. The van der Waals surface area contributed by atoms with Gasteiger partial charge in [-0.15, -0.1) is 0 Å². The highest BCUT2D eigenvalue weighted by Gasteiger charge is 2.19. The van der Waals surface area contributed by atoms with Crippen LogP contribution in [0.3, 0.4) is 0 Å². The van der Waals surface area contributed by atoms with Crippen molar-refractivity contribution in [1.82, 2.24) is 4.98 Å². The number of hydrogen-bond acceptors (Lipinski definition) is 2. The van der Waals surface area contributed by atoms with Gasteiger partial charge in [-0.1, -0.05) is 0 Å². The average Bonchev–Trinajstić information content (AvgIpc) is 2.01. The maximum Gasteiger partial charge on any atom is 0.270 e. The first kappa shape index (κ1) is 12.3. The standard InChI is InChI=1S/C7H2BrClF2INO/c8-5-4(7(10)11)2(12)1-3(13-5)6(9)14/h1,7H. The Hall–Kier alpha value is 0.180. The second-order valence-corrected chi connectivity index (χ2v) is 4.52. The molecule has 1 aromatic rings. The van der Waals surface area contributed by atoms with E-state index < -0.39 is 11.7 Å². The molecule has 0 spiro atoms.